The van der Waals surface area contributed by atoms with Crippen LogP contribution in [-0.2, 0) is 6.54 Å². The van der Waals surface area contributed by atoms with Gasteiger partial charge in [-0.2, -0.15) is 5.10 Å². The van der Waals surface area contributed by atoms with Gasteiger partial charge in [-0.1, -0.05) is 36.4 Å². The molecule has 0 unspecified atom stereocenters. The molecule has 11 heteroatoms. The average molecular weight is 529 g/mol. The Morgan fingerprint density at radius 1 is 1.08 bits per heavy atom. The molecule has 0 bridgehead atoms. The number of nitrogens with zero attached hydrogens (tertiary/aromatic N) is 5. The fraction of sp³-hybridized carbons (Fsp3) is 0.148. The molecule has 0 radical (unpaired) electrons. The monoisotopic (exact) mass is 528 g/mol. The minimum atomic E-state index is -1.04. The van der Waals surface area contributed by atoms with Crippen LogP contribution in [0.15, 0.2) is 82.7 Å². The van der Waals surface area contributed by atoms with E-state index in [1.165, 1.54) is 16.2 Å². The van der Waals surface area contributed by atoms with Crippen molar-refractivity contribution in [2.24, 2.45) is 0 Å². The summed E-state index contributed by atoms with van der Waals surface area (Å²) in [5.74, 6) is 0.643. The SMILES string of the molecule is Cc1nnc(-c2cccc(-n3ccc(-c4ccsc4C(=O)NCCN(Cc4ccccc4)C(=O)O)n3)c2)o1. The molecule has 0 spiro atoms. The molecule has 0 saturated heterocycles. The molecule has 2 aromatic carbocycles. The van der Waals surface area contributed by atoms with E-state index < -0.39 is 6.09 Å². The predicted octanol–water partition coefficient (Wildman–Crippen LogP) is 4.87. The second-order valence-electron chi connectivity index (χ2n) is 8.43. The third-order valence-corrected chi connectivity index (χ3v) is 6.69. The van der Waals surface area contributed by atoms with Crippen LogP contribution in [0.3, 0.4) is 0 Å². The molecule has 10 nitrogen and oxygen atoms in total. The van der Waals surface area contributed by atoms with Crippen LogP contribution in [0, 0.1) is 6.92 Å². The summed E-state index contributed by atoms with van der Waals surface area (Å²) in [6, 6.07) is 20.6. The lowest BCUT2D eigenvalue weighted by molar-refractivity contribution is 0.0947. The van der Waals surface area contributed by atoms with E-state index in [0.29, 0.717) is 27.9 Å². The summed E-state index contributed by atoms with van der Waals surface area (Å²) < 4.78 is 7.24. The third-order valence-electron chi connectivity index (χ3n) is 5.77. The number of aryl methyl sites for hydroxylation is 1. The van der Waals surface area contributed by atoms with Crippen molar-refractivity contribution in [3.05, 3.63) is 94.6 Å². The largest absolute Gasteiger partial charge is 0.465 e. The first-order valence-electron chi connectivity index (χ1n) is 11.8. The number of carbonyl (C=O) groups is 2. The lowest BCUT2D eigenvalue weighted by Crippen LogP contribution is -2.37. The lowest BCUT2D eigenvalue weighted by atomic mass is 10.2. The van der Waals surface area contributed by atoms with Crippen molar-refractivity contribution in [1.82, 2.24) is 30.2 Å². The summed E-state index contributed by atoms with van der Waals surface area (Å²) in [7, 11) is 0. The third kappa shape index (κ3) is 5.62. The molecule has 5 aromatic rings. The van der Waals surface area contributed by atoms with Crippen molar-refractivity contribution in [1.29, 1.82) is 0 Å². The molecule has 0 saturated carbocycles. The van der Waals surface area contributed by atoms with Gasteiger partial charge in [-0.3, -0.25) is 4.79 Å². The van der Waals surface area contributed by atoms with Crippen molar-refractivity contribution in [2.45, 2.75) is 13.5 Å². The number of rotatable bonds is 9. The van der Waals surface area contributed by atoms with Gasteiger partial charge in [0.15, 0.2) is 0 Å². The van der Waals surface area contributed by atoms with Gasteiger partial charge >= 0.3 is 6.09 Å². The molecule has 0 aliphatic heterocycles. The summed E-state index contributed by atoms with van der Waals surface area (Å²) in [4.78, 5) is 26.4. The second-order valence-corrected chi connectivity index (χ2v) is 9.35. The summed E-state index contributed by atoms with van der Waals surface area (Å²) >= 11 is 1.31. The molecule has 0 aliphatic rings. The van der Waals surface area contributed by atoms with Gasteiger partial charge in [-0.05, 0) is 41.3 Å². The maximum atomic E-state index is 13.0. The maximum absolute atomic E-state index is 13.0. The van der Waals surface area contributed by atoms with Crippen LogP contribution < -0.4 is 5.32 Å². The number of carboxylic acid groups (broad SMARTS) is 1. The molecular weight excluding hydrogens is 504 g/mol. The van der Waals surface area contributed by atoms with Crippen LogP contribution in [0.4, 0.5) is 4.79 Å². The van der Waals surface area contributed by atoms with Gasteiger partial charge in [0.25, 0.3) is 5.91 Å². The molecule has 3 heterocycles. The van der Waals surface area contributed by atoms with Gasteiger partial charge in [0.1, 0.15) is 4.88 Å². The Morgan fingerprint density at radius 2 is 1.92 bits per heavy atom. The van der Waals surface area contributed by atoms with E-state index in [1.807, 2.05) is 78.3 Å². The van der Waals surface area contributed by atoms with Crippen LogP contribution in [0.5, 0.6) is 0 Å². The molecule has 5 rings (SSSR count). The number of benzene rings is 2. The van der Waals surface area contributed by atoms with Gasteiger partial charge in [0.2, 0.25) is 11.8 Å². The zero-order chi connectivity index (χ0) is 26.5. The van der Waals surface area contributed by atoms with E-state index >= 15 is 0 Å². The maximum Gasteiger partial charge on any atom is 0.407 e. The summed E-state index contributed by atoms with van der Waals surface area (Å²) in [5, 5.41) is 26.8. The number of nitrogens with one attached hydrogen (secondary N) is 1. The summed E-state index contributed by atoms with van der Waals surface area (Å²) in [5.41, 5.74) is 3.81. The molecule has 0 atom stereocenters. The highest BCUT2D eigenvalue weighted by Gasteiger charge is 2.18. The molecule has 38 heavy (non-hydrogen) atoms. The van der Waals surface area contributed by atoms with Crippen molar-refractivity contribution < 1.29 is 19.1 Å². The first-order valence-corrected chi connectivity index (χ1v) is 12.7. The minimum Gasteiger partial charge on any atom is -0.465 e. The number of carbonyl (C=O) groups excluding carboxylic acids is 1. The van der Waals surface area contributed by atoms with Gasteiger partial charge in [-0.15, -0.1) is 21.5 Å². The highest BCUT2D eigenvalue weighted by atomic mass is 32.1. The number of amides is 2. The average Bonchev–Trinajstić information content (AvgIpc) is 3.69. The number of hydrogen-bond donors (Lipinski definition) is 2. The van der Waals surface area contributed by atoms with Gasteiger partial charge < -0.3 is 19.7 Å². The fourth-order valence-corrected chi connectivity index (χ4v) is 4.74. The van der Waals surface area contributed by atoms with Crippen molar-refractivity contribution >= 4 is 23.3 Å². The number of hydrogen-bond acceptors (Lipinski definition) is 7. The molecule has 2 amide bonds. The zero-order valence-electron chi connectivity index (χ0n) is 20.4. The highest BCUT2D eigenvalue weighted by molar-refractivity contribution is 7.12. The van der Waals surface area contributed by atoms with Crippen LogP contribution >= 0.6 is 11.3 Å². The van der Waals surface area contributed by atoms with Crippen LogP contribution in [0.2, 0.25) is 0 Å². The number of thiophene rings is 1. The molecule has 3 aromatic heterocycles. The zero-order valence-corrected chi connectivity index (χ0v) is 21.3. The van der Waals surface area contributed by atoms with Gasteiger partial charge in [0.05, 0.1) is 11.4 Å². The Bertz CT molecular complexity index is 1560. The van der Waals surface area contributed by atoms with Crippen molar-refractivity contribution in [3.8, 4) is 28.4 Å². The topological polar surface area (TPSA) is 126 Å². The van der Waals surface area contributed by atoms with E-state index in [9.17, 15) is 14.7 Å². The fourth-order valence-electron chi connectivity index (χ4n) is 3.92. The standard InChI is InChI=1S/C27H24N6O4S/c1-18-29-30-26(37-18)20-8-5-9-21(16-20)33-13-10-23(31-33)22-11-15-38-24(22)25(34)28-12-14-32(27(35)36)17-19-6-3-2-4-7-19/h2-11,13,15-16H,12,14,17H2,1H3,(H,28,34)(H,35,36). The Hall–Kier alpha value is -4.77. The Morgan fingerprint density at radius 3 is 2.68 bits per heavy atom. The quantitative estimate of drug-likeness (QED) is 0.279. The van der Waals surface area contributed by atoms with Crippen molar-refractivity contribution in [3.63, 3.8) is 0 Å². The highest BCUT2D eigenvalue weighted by Crippen LogP contribution is 2.28. The van der Waals surface area contributed by atoms with E-state index in [-0.39, 0.29) is 25.5 Å². The number of aromatic nitrogens is 4. The predicted molar refractivity (Wildman–Crippen MR) is 142 cm³/mol. The first kappa shape index (κ1) is 24.9. The molecule has 0 fully saturated rings. The minimum absolute atomic E-state index is 0.168. The Balaban J connectivity index is 1.25. The van der Waals surface area contributed by atoms with Crippen LogP contribution in [0.25, 0.3) is 28.4 Å². The van der Waals surface area contributed by atoms with E-state index in [4.69, 9.17) is 4.42 Å². The summed E-state index contributed by atoms with van der Waals surface area (Å²) in [6.45, 7) is 2.34. The summed E-state index contributed by atoms with van der Waals surface area (Å²) in [6.07, 6.45) is 0.782. The lowest BCUT2D eigenvalue weighted by Gasteiger charge is -2.19. The van der Waals surface area contributed by atoms with Gasteiger partial charge in [-0.25, -0.2) is 9.48 Å². The van der Waals surface area contributed by atoms with Crippen LogP contribution in [-0.4, -0.2) is 55.1 Å². The van der Waals surface area contributed by atoms with Crippen molar-refractivity contribution in [2.75, 3.05) is 13.1 Å². The van der Waals surface area contributed by atoms with E-state index in [1.54, 1.807) is 11.6 Å². The molecular formula is C27H24N6O4S. The van der Waals surface area contributed by atoms with E-state index in [2.05, 4.69) is 20.6 Å². The molecule has 192 valence electrons. The van der Waals surface area contributed by atoms with E-state index in [0.717, 1.165) is 16.8 Å². The normalized spacial score (nSPS) is 10.9. The van der Waals surface area contributed by atoms with Crippen LogP contribution in [0.1, 0.15) is 21.1 Å². The molecule has 2 N–H and O–H groups in total. The first-order chi connectivity index (χ1) is 18.5. The van der Waals surface area contributed by atoms with Gasteiger partial charge in [0, 0.05) is 43.9 Å². The smallest absolute Gasteiger partial charge is 0.407 e. The Labute approximate surface area is 222 Å². The Kier molecular flexibility index (Phi) is 7.27. The molecule has 0 aliphatic carbocycles. The second kappa shape index (κ2) is 11.1.